The zero-order valence-corrected chi connectivity index (χ0v) is 66.5. The molecule has 680 valence electrons. The molecule has 24 rings (SSSR count). The number of aromatic amines is 13. The second-order valence-corrected chi connectivity index (χ2v) is 29.4. The highest BCUT2D eigenvalue weighted by atomic mass is 15.1. The number of hydrogen-bond donors (Lipinski definition) is 13. The van der Waals surface area contributed by atoms with E-state index in [2.05, 4.69) is 171 Å². The summed E-state index contributed by atoms with van der Waals surface area (Å²) in [5.41, 5.74) is 34.0. The quantitative estimate of drug-likeness (QED) is 0.0735. The molecule has 0 saturated carbocycles. The van der Waals surface area contributed by atoms with E-state index < -0.39 is 0 Å². The number of H-pyrrole nitrogens is 13. The maximum Gasteiger partial charge on any atom is 0.159 e. The van der Waals surface area contributed by atoms with Crippen LogP contribution in [0.1, 0.15) is 158 Å². The summed E-state index contributed by atoms with van der Waals surface area (Å²) in [7, 11) is 0. The van der Waals surface area contributed by atoms with E-state index in [0.29, 0.717) is 0 Å². The zero-order chi connectivity index (χ0) is 81.4. The molecule has 0 unspecified atom stereocenters. The van der Waals surface area contributed by atoms with Crippen molar-refractivity contribution in [1.82, 2.24) is 165 Å². The van der Waals surface area contributed by atoms with Crippen LogP contribution in [-0.2, 0) is 0 Å². The summed E-state index contributed by atoms with van der Waals surface area (Å²) in [4.78, 5) is 123. The molecule has 131 heavy (non-hydrogen) atoms. The topological polar surface area (TPSA) is 463 Å². The van der Waals surface area contributed by atoms with E-state index in [-0.39, 0.29) is 89.1 Å². The minimum Gasteiger partial charge on any atom is -0.342 e. The summed E-state index contributed by atoms with van der Waals surface area (Å²) in [6.07, 6.45) is 10.5. The fourth-order valence-corrected chi connectivity index (χ4v) is 14.2. The first-order chi connectivity index (χ1) is 57.6. The molecular weight excluding hydrogens is 1640 g/mol. The predicted octanol–water partition coefficient (Wildman–Crippen LogP) is 24.5. The van der Waals surface area contributed by atoms with Crippen molar-refractivity contribution >= 4 is 132 Å². The summed E-state index contributed by atoms with van der Waals surface area (Å²) in [5, 5.41) is 7.13. The van der Waals surface area contributed by atoms with E-state index in [4.69, 9.17) is 0 Å². The summed E-state index contributed by atoms with van der Waals surface area (Å²) < 4.78 is 0. The van der Waals surface area contributed by atoms with Crippen LogP contribution in [0.15, 0.2) is 159 Å². The lowest BCUT2D eigenvalue weighted by atomic mass is 10.2. The van der Waals surface area contributed by atoms with Gasteiger partial charge in [-0.2, -0.15) is 5.10 Å². The Morgan fingerprint density at radius 1 is 0.206 bits per heavy atom. The molecule has 18 heterocycles. The van der Waals surface area contributed by atoms with Crippen molar-refractivity contribution in [3.63, 3.8) is 0 Å². The number of nitrogens with zero attached hydrogens (tertiary/aromatic N) is 20. The lowest BCUT2D eigenvalue weighted by Crippen LogP contribution is -1.89. The molecular formula is C98H123N33. The van der Waals surface area contributed by atoms with Crippen molar-refractivity contribution in [2.45, 2.75) is 172 Å². The molecule has 33 nitrogen and oxygen atoms in total. The van der Waals surface area contributed by atoms with Crippen molar-refractivity contribution in [2.24, 2.45) is 0 Å². The minimum absolute atomic E-state index is 0. The van der Waals surface area contributed by atoms with Gasteiger partial charge in [0.2, 0.25) is 0 Å². The van der Waals surface area contributed by atoms with Gasteiger partial charge >= 0.3 is 0 Å². The zero-order valence-electron chi connectivity index (χ0n) is 66.5. The number of aryl methyl sites for hydroxylation is 12. The average molecular weight is 1760 g/mol. The molecule has 0 aliphatic carbocycles. The Kier molecular flexibility index (Phi) is 32.3. The second-order valence-electron chi connectivity index (χ2n) is 29.4. The van der Waals surface area contributed by atoms with Crippen LogP contribution in [0.25, 0.3) is 201 Å². The molecule has 0 radical (unpaired) electrons. The molecule has 18 aromatic heterocycles. The number of fused-ring (bicyclic) bond motifs is 12. The van der Waals surface area contributed by atoms with Gasteiger partial charge < -0.3 is 59.8 Å². The number of aromatic nitrogens is 33. The van der Waals surface area contributed by atoms with Gasteiger partial charge in [-0.05, 0) is 203 Å². The number of hydrogen-bond acceptors (Lipinski definition) is 20. The predicted molar refractivity (Wildman–Crippen MR) is 541 cm³/mol. The first-order valence-corrected chi connectivity index (χ1v) is 38.2. The van der Waals surface area contributed by atoms with E-state index in [1.165, 1.54) is 0 Å². The first kappa shape index (κ1) is 102. The molecule has 13 N–H and O–H groups in total. The van der Waals surface area contributed by atoms with Gasteiger partial charge in [0.15, 0.2) is 29.1 Å². The molecule has 0 saturated heterocycles. The Hall–Kier alpha value is -16.2. The van der Waals surface area contributed by atoms with Crippen LogP contribution in [0, 0.1) is 83.1 Å². The number of nitrogens with one attached hydrogen (secondary N) is 13. The maximum atomic E-state index is 4.63. The normalized spacial score (nSPS) is 10.5. The Bertz CT molecular complexity index is 7100. The van der Waals surface area contributed by atoms with E-state index in [1.54, 1.807) is 18.7 Å². The molecule has 0 atom stereocenters. The largest absolute Gasteiger partial charge is 0.342 e. The van der Waals surface area contributed by atoms with Crippen molar-refractivity contribution in [2.75, 3.05) is 0 Å². The van der Waals surface area contributed by atoms with Gasteiger partial charge in [-0.25, -0.2) is 79.7 Å². The van der Waals surface area contributed by atoms with Crippen molar-refractivity contribution < 1.29 is 0 Å². The van der Waals surface area contributed by atoms with Crippen LogP contribution < -0.4 is 0 Å². The molecule has 24 aromatic rings. The van der Waals surface area contributed by atoms with E-state index in [9.17, 15) is 0 Å². The number of benzene rings is 6. The summed E-state index contributed by atoms with van der Waals surface area (Å²) in [5.74, 6) is 10.1. The van der Waals surface area contributed by atoms with Gasteiger partial charge in [-0.1, -0.05) is 101 Å². The van der Waals surface area contributed by atoms with Gasteiger partial charge in [0, 0.05) is 47.4 Å². The molecule has 0 spiro atoms. The van der Waals surface area contributed by atoms with Crippen LogP contribution >= 0.6 is 0 Å². The third kappa shape index (κ3) is 21.2. The van der Waals surface area contributed by atoms with Crippen molar-refractivity contribution in [3.05, 3.63) is 227 Å². The van der Waals surface area contributed by atoms with E-state index in [0.717, 1.165) is 270 Å². The average Bonchev–Trinajstić information content (AvgIpc) is 1.66. The Morgan fingerprint density at radius 3 is 0.893 bits per heavy atom. The SMILES string of the molecule is C.C.C.C.C.C.C.C.C.C.C.C.Cc1cc(-c2nc3cc4nc(C)[nH]c4cc3[nH]2)n[nH]1.Cc1cc(-c2nc3cc4nc(C)[nH]c4cc3[nH]2)ncn1.Cc1ccc(-c2nc3cc4nc(C)[nH]c4cc3[nH]2)nc1.Cc1cccc(-c2nc3cc4nc(C)[nH]c4cc3[nH]2)n1.Cc1cnc(-c2nc3cc4nc(C)[nH]c4cc3[nH]2)cn1.Cc1cncc(-c2nc3cc4nc(C)[nH]c4cc3[nH]2)c1. The molecule has 6 aromatic carbocycles. The van der Waals surface area contributed by atoms with Crippen LogP contribution in [0.2, 0.25) is 0 Å². The van der Waals surface area contributed by atoms with Crippen LogP contribution in [0.4, 0.5) is 0 Å². The summed E-state index contributed by atoms with van der Waals surface area (Å²) >= 11 is 0. The molecule has 0 aliphatic heterocycles. The number of imidazole rings is 12. The molecule has 0 bridgehead atoms. The molecule has 0 aliphatic rings. The van der Waals surface area contributed by atoms with E-state index in [1.807, 2.05) is 217 Å². The van der Waals surface area contributed by atoms with Crippen LogP contribution in [0.3, 0.4) is 0 Å². The Morgan fingerprint density at radius 2 is 0.550 bits per heavy atom. The number of pyridine rings is 3. The van der Waals surface area contributed by atoms with Crippen LogP contribution in [-0.4, -0.2) is 165 Å². The highest BCUT2D eigenvalue weighted by Gasteiger charge is 2.18. The minimum atomic E-state index is 0. The lowest BCUT2D eigenvalue weighted by Gasteiger charge is -1.96. The van der Waals surface area contributed by atoms with Gasteiger partial charge in [0.25, 0.3) is 0 Å². The fraction of sp³-hybridized carbons (Fsp3) is 0.245. The third-order valence-electron chi connectivity index (χ3n) is 19.7. The monoisotopic (exact) mass is 1760 g/mol. The Labute approximate surface area is 761 Å². The fourth-order valence-electron chi connectivity index (χ4n) is 14.2. The molecule has 0 amide bonds. The summed E-state index contributed by atoms with van der Waals surface area (Å²) in [6, 6.07) is 40.0. The van der Waals surface area contributed by atoms with Crippen molar-refractivity contribution in [1.29, 1.82) is 0 Å². The van der Waals surface area contributed by atoms with Crippen LogP contribution in [0.5, 0.6) is 0 Å². The van der Waals surface area contributed by atoms with Gasteiger partial charge in [-0.3, -0.25) is 20.1 Å². The third-order valence-corrected chi connectivity index (χ3v) is 19.7. The highest BCUT2D eigenvalue weighted by Crippen LogP contribution is 2.31. The van der Waals surface area contributed by atoms with Crippen molar-refractivity contribution in [3.8, 4) is 69.0 Å². The van der Waals surface area contributed by atoms with E-state index >= 15 is 0 Å². The van der Waals surface area contributed by atoms with Gasteiger partial charge in [-0.15, -0.1) is 0 Å². The Balaban J connectivity index is 0.000000211. The maximum absolute atomic E-state index is 4.63. The van der Waals surface area contributed by atoms with Gasteiger partial charge in [0.1, 0.15) is 75.6 Å². The molecule has 0 fully saturated rings. The molecule has 33 heteroatoms. The second kappa shape index (κ2) is 41.5. The lowest BCUT2D eigenvalue weighted by molar-refractivity contribution is 1.04. The first-order valence-electron chi connectivity index (χ1n) is 38.2. The standard InChI is InChI=1S/3C15H13N5.2C14H12N6.C13H12N6.12CH4/c1-8-3-10(7-16-6-8)15-19-13-4-11-12(5-14(13)20-15)18-9(2)17-11;1-8-3-4-10(16-7-8)15-19-13-5-11-12(6-14(13)20-15)18-9(2)17-11;1-8-4-3-5-10(16-8)15-19-13-6-11-12(7-14(13)20-15)18-9(2)17-11;1-7-5-16-13(6-15-7)14-19-11-3-9-10(4-12(11)20-14)18-8(2)17-9;1-7-3-13(16-6-15-7)14-19-11-4-9-10(5-12(11)20-14)18-8(2)17-9;1-6-3-12(19-18-6)13-16-10-4-8-9(5-11(10)17-13)15-7(2)14-8;;;;;;;;;;;;/h3*3-7H,1-2H3,(H,17,18)(H,19,20);2*3-6H,1-2H3,(H,17,18)(H,19,20);3-5H,1-2H3,(H,14,15)(H,16,17)(H,18,19);12*1H4. The smallest absolute Gasteiger partial charge is 0.159 e. The summed E-state index contributed by atoms with van der Waals surface area (Å²) in [6.45, 7) is 23.5. The van der Waals surface area contributed by atoms with Gasteiger partial charge in [0.05, 0.1) is 144 Å². The highest BCUT2D eigenvalue weighted by molar-refractivity contribution is 5.98. The number of rotatable bonds is 6.